The fraction of sp³-hybridized carbons (Fsp3) is 0.318. The maximum atomic E-state index is 12.5. The molecule has 0 fully saturated rings. The minimum atomic E-state index is -0.560. The maximum Gasteiger partial charge on any atom is 0.407 e. The Kier molecular flexibility index (Phi) is 5.96. The third-order valence-corrected chi connectivity index (χ3v) is 4.22. The highest BCUT2D eigenvalue weighted by molar-refractivity contribution is 6.05. The molecule has 1 heterocycles. The van der Waals surface area contributed by atoms with Gasteiger partial charge >= 0.3 is 6.09 Å². The molecule has 0 unspecified atom stereocenters. The molecule has 2 aromatic carbocycles. The molecule has 0 aliphatic carbocycles. The number of nitrogens with one attached hydrogen (secondary N) is 3. The van der Waals surface area contributed by atoms with Crippen molar-refractivity contribution in [1.29, 1.82) is 0 Å². The molecule has 2 aromatic rings. The minimum absolute atomic E-state index is 0.235. The van der Waals surface area contributed by atoms with Crippen molar-refractivity contribution in [2.45, 2.75) is 45.9 Å². The number of hydrogen-bond acceptors (Lipinski definition) is 5. The number of carbonyl (C=O) groups is 3. The van der Waals surface area contributed by atoms with Gasteiger partial charge < -0.3 is 25.4 Å². The van der Waals surface area contributed by atoms with Crippen LogP contribution in [0.15, 0.2) is 42.5 Å². The topological polar surface area (TPSA) is 106 Å². The van der Waals surface area contributed by atoms with Crippen LogP contribution in [0.5, 0.6) is 5.75 Å². The van der Waals surface area contributed by atoms with Crippen LogP contribution in [0, 0.1) is 0 Å². The molecule has 3 amide bonds. The predicted molar refractivity (Wildman–Crippen MR) is 113 cm³/mol. The number of amides is 3. The Hall–Kier alpha value is -3.55. The number of hydrogen-bond donors (Lipinski definition) is 3. The molecule has 1 atom stereocenters. The van der Waals surface area contributed by atoms with E-state index in [9.17, 15) is 14.4 Å². The molecule has 0 aromatic heterocycles. The molecular weight excluding hydrogens is 386 g/mol. The standard InChI is InChI=1S/C22H25N3O5/c1-13-19(26)25-17-11-16(9-10-18(17)29-13)24-20(27)15-7-5-14(6-8-15)12-23-21(28)30-22(2,3)4/h5-11,13H,12H2,1-4H3,(H,23,28)(H,24,27)(H,25,26)/t13-/m0/s1. The molecule has 158 valence electrons. The summed E-state index contributed by atoms with van der Waals surface area (Å²) in [5.41, 5.74) is 1.78. The predicted octanol–water partition coefficient (Wildman–Crippen LogP) is 3.68. The Bertz CT molecular complexity index is 964. The highest BCUT2D eigenvalue weighted by Gasteiger charge is 2.23. The molecule has 0 saturated heterocycles. The van der Waals surface area contributed by atoms with Crippen molar-refractivity contribution >= 4 is 29.3 Å². The fourth-order valence-electron chi connectivity index (χ4n) is 2.75. The van der Waals surface area contributed by atoms with Crippen molar-refractivity contribution in [1.82, 2.24) is 5.32 Å². The van der Waals surface area contributed by atoms with Gasteiger partial charge in [-0.05, 0) is 63.6 Å². The summed E-state index contributed by atoms with van der Waals surface area (Å²) in [7, 11) is 0. The SMILES string of the molecule is C[C@@H]1Oc2ccc(NC(=O)c3ccc(CNC(=O)OC(C)(C)C)cc3)cc2NC1=O. The zero-order valence-corrected chi connectivity index (χ0v) is 17.4. The Morgan fingerprint density at radius 3 is 2.50 bits per heavy atom. The summed E-state index contributed by atoms with van der Waals surface area (Å²) >= 11 is 0. The molecule has 0 saturated carbocycles. The normalized spacial score (nSPS) is 15.3. The quantitative estimate of drug-likeness (QED) is 0.712. The Labute approximate surface area is 174 Å². The van der Waals surface area contributed by atoms with Crippen molar-refractivity contribution in [3.63, 3.8) is 0 Å². The first-order valence-corrected chi connectivity index (χ1v) is 9.59. The number of anilines is 2. The van der Waals surface area contributed by atoms with Crippen molar-refractivity contribution < 1.29 is 23.9 Å². The molecule has 1 aliphatic rings. The molecule has 8 heteroatoms. The first-order valence-electron chi connectivity index (χ1n) is 9.59. The summed E-state index contributed by atoms with van der Waals surface area (Å²) < 4.78 is 10.7. The van der Waals surface area contributed by atoms with Crippen LogP contribution in [0.25, 0.3) is 0 Å². The van der Waals surface area contributed by atoms with Gasteiger partial charge in [-0.25, -0.2) is 4.79 Å². The first-order chi connectivity index (χ1) is 14.1. The van der Waals surface area contributed by atoms with E-state index in [0.717, 1.165) is 5.56 Å². The van der Waals surface area contributed by atoms with Gasteiger partial charge in [0.15, 0.2) is 6.10 Å². The van der Waals surface area contributed by atoms with Crippen LogP contribution >= 0.6 is 0 Å². The fourth-order valence-corrected chi connectivity index (χ4v) is 2.75. The highest BCUT2D eigenvalue weighted by Crippen LogP contribution is 2.32. The van der Waals surface area contributed by atoms with Gasteiger partial charge in [0.25, 0.3) is 11.8 Å². The van der Waals surface area contributed by atoms with Gasteiger partial charge in [0, 0.05) is 17.8 Å². The Morgan fingerprint density at radius 1 is 1.13 bits per heavy atom. The summed E-state index contributed by atoms with van der Waals surface area (Å²) in [6, 6.07) is 11.9. The molecular formula is C22H25N3O5. The van der Waals surface area contributed by atoms with E-state index in [2.05, 4.69) is 16.0 Å². The van der Waals surface area contributed by atoms with Gasteiger partial charge in [0.2, 0.25) is 0 Å². The molecule has 0 radical (unpaired) electrons. The largest absolute Gasteiger partial charge is 0.479 e. The summed E-state index contributed by atoms with van der Waals surface area (Å²) in [4.78, 5) is 36.0. The van der Waals surface area contributed by atoms with E-state index in [1.165, 1.54) is 0 Å². The molecule has 3 N–H and O–H groups in total. The van der Waals surface area contributed by atoms with Crippen LogP contribution in [-0.2, 0) is 16.1 Å². The molecule has 3 rings (SSSR count). The van der Waals surface area contributed by atoms with E-state index < -0.39 is 17.8 Å². The van der Waals surface area contributed by atoms with Crippen LogP contribution < -0.4 is 20.7 Å². The number of alkyl carbamates (subject to hydrolysis) is 1. The van der Waals surface area contributed by atoms with Gasteiger partial charge in [-0.15, -0.1) is 0 Å². The van der Waals surface area contributed by atoms with Crippen LogP contribution in [-0.4, -0.2) is 29.6 Å². The molecule has 0 spiro atoms. The number of fused-ring (bicyclic) bond motifs is 1. The van der Waals surface area contributed by atoms with Gasteiger partial charge in [-0.1, -0.05) is 12.1 Å². The van der Waals surface area contributed by atoms with Crippen LogP contribution in [0.3, 0.4) is 0 Å². The number of carbonyl (C=O) groups excluding carboxylic acids is 3. The lowest BCUT2D eigenvalue weighted by molar-refractivity contribution is -0.122. The minimum Gasteiger partial charge on any atom is -0.479 e. The lowest BCUT2D eigenvalue weighted by Crippen LogP contribution is -2.34. The number of benzene rings is 2. The second-order valence-corrected chi connectivity index (χ2v) is 7.97. The maximum absolute atomic E-state index is 12.5. The van der Waals surface area contributed by atoms with E-state index >= 15 is 0 Å². The van der Waals surface area contributed by atoms with E-state index in [1.54, 1.807) is 70.2 Å². The van der Waals surface area contributed by atoms with Gasteiger partial charge in [0.1, 0.15) is 11.4 Å². The second kappa shape index (κ2) is 8.44. The third-order valence-electron chi connectivity index (χ3n) is 4.22. The third kappa shape index (κ3) is 5.50. The van der Waals surface area contributed by atoms with E-state index in [4.69, 9.17) is 9.47 Å². The highest BCUT2D eigenvalue weighted by atomic mass is 16.6. The Morgan fingerprint density at radius 2 is 1.83 bits per heavy atom. The first kappa shape index (κ1) is 21.2. The smallest absolute Gasteiger partial charge is 0.407 e. The van der Waals surface area contributed by atoms with Crippen molar-refractivity contribution in [3.05, 3.63) is 53.6 Å². The molecule has 30 heavy (non-hydrogen) atoms. The second-order valence-electron chi connectivity index (χ2n) is 7.97. The van der Waals surface area contributed by atoms with E-state index in [0.29, 0.717) is 29.2 Å². The molecule has 0 bridgehead atoms. The number of ether oxygens (including phenoxy) is 2. The van der Waals surface area contributed by atoms with Crippen molar-refractivity contribution in [3.8, 4) is 5.75 Å². The average molecular weight is 411 g/mol. The monoisotopic (exact) mass is 411 g/mol. The van der Waals surface area contributed by atoms with Crippen LogP contribution in [0.2, 0.25) is 0 Å². The molecule has 1 aliphatic heterocycles. The molecule has 8 nitrogen and oxygen atoms in total. The van der Waals surface area contributed by atoms with Gasteiger partial charge in [-0.2, -0.15) is 0 Å². The van der Waals surface area contributed by atoms with Gasteiger partial charge in [-0.3, -0.25) is 9.59 Å². The van der Waals surface area contributed by atoms with Crippen LogP contribution in [0.4, 0.5) is 16.2 Å². The summed E-state index contributed by atoms with van der Waals surface area (Å²) in [5, 5.41) is 8.21. The summed E-state index contributed by atoms with van der Waals surface area (Å²) in [6.45, 7) is 7.35. The van der Waals surface area contributed by atoms with Crippen molar-refractivity contribution in [2.24, 2.45) is 0 Å². The van der Waals surface area contributed by atoms with Crippen LogP contribution in [0.1, 0.15) is 43.6 Å². The lowest BCUT2D eigenvalue weighted by atomic mass is 10.1. The van der Waals surface area contributed by atoms with Gasteiger partial charge in [0.05, 0.1) is 5.69 Å². The summed E-state index contributed by atoms with van der Waals surface area (Å²) in [6.07, 6.45) is -1.05. The van der Waals surface area contributed by atoms with E-state index in [1.807, 2.05) is 0 Å². The van der Waals surface area contributed by atoms with E-state index in [-0.39, 0.29) is 11.8 Å². The zero-order valence-electron chi connectivity index (χ0n) is 17.4. The zero-order chi connectivity index (χ0) is 21.9. The van der Waals surface area contributed by atoms with Crippen molar-refractivity contribution in [2.75, 3.05) is 10.6 Å². The Balaban J connectivity index is 1.58. The summed E-state index contributed by atoms with van der Waals surface area (Å²) in [5.74, 6) is 0.0292. The average Bonchev–Trinajstić information content (AvgIpc) is 2.66. The number of rotatable bonds is 4. The lowest BCUT2D eigenvalue weighted by Gasteiger charge is -2.23.